The van der Waals surface area contributed by atoms with Gasteiger partial charge in [0.25, 0.3) is 5.91 Å². The summed E-state index contributed by atoms with van der Waals surface area (Å²) < 4.78 is 0. The van der Waals surface area contributed by atoms with Crippen LogP contribution in [0, 0.1) is 6.92 Å². The maximum absolute atomic E-state index is 13.3. The van der Waals surface area contributed by atoms with Gasteiger partial charge in [0.2, 0.25) is 5.91 Å². The average Bonchev–Trinajstić information content (AvgIpc) is 2.79. The first kappa shape index (κ1) is 20.9. The van der Waals surface area contributed by atoms with Crippen LogP contribution in [0.2, 0.25) is 0 Å². The molecule has 3 aromatic carbocycles. The first-order valence-corrected chi connectivity index (χ1v) is 11.1. The molecule has 3 aromatic rings. The third-order valence-corrected chi connectivity index (χ3v) is 6.26. The predicted octanol–water partition coefficient (Wildman–Crippen LogP) is 4.83. The number of rotatable bonds is 6. The number of para-hydroxylation sites is 1. The van der Waals surface area contributed by atoms with E-state index in [-0.39, 0.29) is 18.4 Å². The van der Waals surface area contributed by atoms with E-state index in [9.17, 15) is 9.59 Å². The lowest BCUT2D eigenvalue weighted by molar-refractivity contribution is -0.122. The monoisotopic (exact) mass is 428 g/mol. The van der Waals surface area contributed by atoms with Crippen molar-refractivity contribution in [3.05, 3.63) is 100 Å². The first-order valence-electron chi connectivity index (χ1n) is 10.3. The third-order valence-electron chi connectivity index (χ3n) is 5.19. The van der Waals surface area contributed by atoms with Crippen LogP contribution in [0.3, 0.4) is 0 Å². The van der Waals surface area contributed by atoms with Gasteiger partial charge < -0.3 is 5.32 Å². The zero-order valence-corrected chi connectivity index (χ0v) is 18.2. The number of hydrogen-bond donors (Lipinski definition) is 1. The van der Waals surface area contributed by atoms with Crippen molar-refractivity contribution in [2.45, 2.75) is 18.2 Å². The zero-order chi connectivity index (χ0) is 21.6. The van der Waals surface area contributed by atoms with E-state index in [0.29, 0.717) is 11.4 Å². The molecule has 4 nitrogen and oxygen atoms in total. The van der Waals surface area contributed by atoms with Gasteiger partial charge >= 0.3 is 0 Å². The predicted molar refractivity (Wildman–Crippen MR) is 127 cm³/mol. The van der Waals surface area contributed by atoms with Crippen LogP contribution in [-0.4, -0.2) is 24.9 Å². The fourth-order valence-corrected chi connectivity index (χ4v) is 4.55. The van der Waals surface area contributed by atoms with E-state index in [2.05, 4.69) is 5.32 Å². The van der Waals surface area contributed by atoms with Gasteiger partial charge in [-0.05, 0) is 48.2 Å². The second-order valence-electron chi connectivity index (χ2n) is 7.41. The number of hydrogen-bond acceptors (Lipinski definition) is 3. The number of carbonyl (C=O) groups excluding carboxylic acids is 2. The Morgan fingerprint density at radius 2 is 1.68 bits per heavy atom. The molecule has 156 valence electrons. The number of nitrogens with zero attached hydrogens (tertiary/aromatic N) is 1. The second-order valence-corrected chi connectivity index (χ2v) is 8.50. The van der Waals surface area contributed by atoms with Crippen LogP contribution >= 0.6 is 11.8 Å². The summed E-state index contributed by atoms with van der Waals surface area (Å²) in [6, 6.07) is 25.7. The highest BCUT2D eigenvalue weighted by Crippen LogP contribution is 2.42. The molecule has 0 bridgehead atoms. The summed E-state index contributed by atoms with van der Waals surface area (Å²) in [5.41, 5.74) is 4.05. The summed E-state index contributed by atoms with van der Waals surface area (Å²) >= 11 is 1.45. The molecule has 0 atom stereocenters. The molecule has 4 rings (SSSR count). The Morgan fingerprint density at radius 1 is 0.968 bits per heavy atom. The van der Waals surface area contributed by atoms with Gasteiger partial charge in [-0.15, -0.1) is 0 Å². The number of anilines is 1. The van der Waals surface area contributed by atoms with Crippen molar-refractivity contribution in [2.75, 3.05) is 18.0 Å². The normalized spacial score (nSPS) is 14.4. The molecule has 0 aliphatic carbocycles. The van der Waals surface area contributed by atoms with Crippen LogP contribution in [-0.2, 0) is 16.0 Å². The topological polar surface area (TPSA) is 49.4 Å². The second kappa shape index (κ2) is 9.67. The lowest BCUT2D eigenvalue weighted by Crippen LogP contribution is -2.43. The largest absolute Gasteiger partial charge is 0.354 e. The molecule has 0 unspecified atom stereocenters. The minimum atomic E-state index is -0.166. The number of benzene rings is 3. The van der Waals surface area contributed by atoms with Crippen LogP contribution < -0.4 is 10.2 Å². The van der Waals surface area contributed by atoms with E-state index in [0.717, 1.165) is 28.1 Å². The Bertz CT molecular complexity index is 1130. The Hall–Kier alpha value is -3.31. The van der Waals surface area contributed by atoms with E-state index in [4.69, 9.17) is 0 Å². The van der Waals surface area contributed by atoms with Gasteiger partial charge in [-0.25, -0.2) is 0 Å². The average molecular weight is 429 g/mol. The van der Waals surface area contributed by atoms with Gasteiger partial charge in [-0.2, -0.15) is 0 Å². The smallest absolute Gasteiger partial charge is 0.265 e. The van der Waals surface area contributed by atoms with Crippen molar-refractivity contribution in [1.29, 1.82) is 0 Å². The Balaban J connectivity index is 1.51. The maximum Gasteiger partial charge on any atom is 0.265 e. The number of carbonyl (C=O) groups is 2. The molecule has 1 aliphatic rings. The summed E-state index contributed by atoms with van der Waals surface area (Å²) in [5, 5.41) is 2.94. The molecule has 0 saturated carbocycles. The van der Waals surface area contributed by atoms with E-state index >= 15 is 0 Å². The highest BCUT2D eigenvalue weighted by molar-refractivity contribution is 8.04. The lowest BCUT2D eigenvalue weighted by atomic mass is 10.1. The van der Waals surface area contributed by atoms with Crippen molar-refractivity contribution in [3.63, 3.8) is 0 Å². The molecule has 0 spiro atoms. The molecular weight excluding hydrogens is 404 g/mol. The Morgan fingerprint density at radius 3 is 2.48 bits per heavy atom. The van der Waals surface area contributed by atoms with Gasteiger partial charge in [0.15, 0.2) is 0 Å². The van der Waals surface area contributed by atoms with Crippen LogP contribution in [0.5, 0.6) is 0 Å². The molecule has 1 N–H and O–H groups in total. The van der Waals surface area contributed by atoms with Crippen molar-refractivity contribution in [1.82, 2.24) is 5.32 Å². The van der Waals surface area contributed by atoms with Crippen molar-refractivity contribution >= 4 is 35.3 Å². The molecule has 2 amide bonds. The molecule has 1 aliphatic heterocycles. The fraction of sp³-hybridized carbons (Fsp3) is 0.154. The first-order chi connectivity index (χ1) is 15.1. The molecule has 0 saturated heterocycles. The summed E-state index contributed by atoms with van der Waals surface area (Å²) in [6.45, 7) is 2.56. The van der Waals surface area contributed by atoms with Crippen molar-refractivity contribution in [2.24, 2.45) is 0 Å². The number of nitrogens with one attached hydrogen (secondary N) is 1. The van der Waals surface area contributed by atoms with E-state index in [1.165, 1.54) is 17.3 Å². The van der Waals surface area contributed by atoms with Gasteiger partial charge in [0, 0.05) is 11.4 Å². The third kappa shape index (κ3) is 5.06. The Kier molecular flexibility index (Phi) is 6.53. The fourth-order valence-electron chi connectivity index (χ4n) is 3.50. The van der Waals surface area contributed by atoms with Gasteiger partial charge in [0.1, 0.15) is 6.54 Å². The highest BCUT2D eigenvalue weighted by Gasteiger charge is 2.30. The van der Waals surface area contributed by atoms with Gasteiger partial charge in [-0.1, -0.05) is 78.5 Å². The standard InChI is InChI=1S/C26H24N2O2S/c1-19-9-5-6-12-21(19)17-24-26(30)28(22-13-7-8-14-23(22)31-24)18-25(29)27-16-15-20-10-3-2-4-11-20/h2-14,17H,15-16,18H2,1H3,(H,27,29)/b24-17-. The minimum absolute atomic E-state index is 0.00366. The minimum Gasteiger partial charge on any atom is -0.354 e. The summed E-state index contributed by atoms with van der Waals surface area (Å²) in [7, 11) is 0. The number of thioether (sulfide) groups is 1. The van der Waals surface area contributed by atoms with Crippen molar-refractivity contribution in [3.8, 4) is 0 Å². The molecule has 1 heterocycles. The molecular formula is C26H24N2O2S. The van der Waals surface area contributed by atoms with Gasteiger partial charge in [-0.3, -0.25) is 14.5 Å². The zero-order valence-electron chi connectivity index (χ0n) is 17.4. The van der Waals surface area contributed by atoms with E-state index in [1.807, 2.05) is 91.9 Å². The maximum atomic E-state index is 13.3. The quantitative estimate of drug-likeness (QED) is 0.572. The van der Waals surface area contributed by atoms with Gasteiger partial charge in [0.05, 0.1) is 10.6 Å². The molecule has 0 fully saturated rings. The van der Waals surface area contributed by atoms with Crippen LogP contribution in [0.1, 0.15) is 16.7 Å². The van der Waals surface area contributed by atoms with Crippen molar-refractivity contribution < 1.29 is 9.59 Å². The molecule has 31 heavy (non-hydrogen) atoms. The number of fused-ring (bicyclic) bond motifs is 1. The van der Waals surface area contributed by atoms with E-state index < -0.39 is 0 Å². The summed E-state index contributed by atoms with van der Waals surface area (Å²) in [6.07, 6.45) is 2.67. The Labute approximate surface area is 187 Å². The SMILES string of the molecule is Cc1ccccc1/C=C1\Sc2ccccc2N(CC(=O)NCCc2ccccc2)C1=O. The number of amides is 2. The number of aryl methyl sites for hydroxylation is 1. The summed E-state index contributed by atoms with van der Waals surface area (Å²) in [5.74, 6) is -0.314. The lowest BCUT2D eigenvalue weighted by Gasteiger charge is -2.30. The van der Waals surface area contributed by atoms with E-state index in [1.54, 1.807) is 4.90 Å². The highest BCUT2D eigenvalue weighted by atomic mass is 32.2. The van der Waals surface area contributed by atoms with Crippen LogP contribution in [0.25, 0.3) is 6.08 Å². The molecule has 0 aromatic heterocycles. The molecule has 5 heteroatoms. The van der Waals surface area contributed by atoms with Crippen LogP contribution in [0.4, 0.5) is 5.69 Å². The summed E-state index contributed by atoms with van der Waals surface area (Å²) in [4.78, 5) is 29.1. The molecule has 0 radical (unpaired) electrons. The van der Waals surface area contributed by atoms with Crippen LogP contribution in [0.15, 0.2) is 88.7 Å².